The molecule has 2 atom stereocenters. The summed E-state index contributed by atoms with van der Waals surface area (Å²) in [5.74, 6) is -0.426. The minimum atomic E-state index is -0.593. The second kappa shape index (κ2) is 9.57. The molecule has 0 aromatic heterocycles. The monoisotopic (exact) mass is 390 g/mol. The summed E-state index contributed by atoms with van der Waals surface area (Å²) in [5.41, 5.74) is 0.201. The lowest BCUT2D eigenvalue weighted by Crippen LogP contribution is -2.42. The first-order valence-electron chi connectivity index (χ1n) is 9.70. The van der Waals surface area contributed by atoms with E-state index >= 15 is 0 Å². The molecule has 0 heterocycles. The van der Waals surface area contributed by atoms with Gasteiger partial charge in [0, 0.05) is 11.7 Å². The third kappa shape index (κ3) is 7.21. The lowest BCUT2D eigenvalue weighted by atomic mass is 9.86. The average molecular weight is 390 g/mol. The highest BCUT2D eigenvalue weighted by molar-refractivity contribution is 5.92. The lowest BCUT2D eigenvalue weighted by Gasteiger charge is -2.29. The second-order valence-corrected chi connectivity index (χ2v) is 8.22. The van der Waals surface area contributed by atoms with Gasteiger partial charge in [0.2, 0.25) is 0 Å². The molecule has 0 aliphatic heterocycles. The van der Waals surface area contributed by atoms with Crippen molar-refractivity contribution in [3.8, 4) is 0 Å². The minimum Gasteiger partial charge on any atom is -0.452 e. The summed E-state index contributed by atoms with van der Waals surface area (Å²) >= 11 is 0. The highest BCUT2D eigenvalue weighted by Crippen LogP contribution is 2.23. The molecule has 28 heavy (non-hydrogen) atoms. The van der Waals surface area contributed by atoms with Crippen LogP contribution >= 0.6 is 0 Å². The molecule has 2 amide bonds. The van der Waals surface area contributed by atoms with Gasteiger partial charge >= 0.3 is 12.1 Å². The smallest absolute Gasteiger partial charge is 0.412 e. The van der Waals surface area contributed by atoms with E-state index in [0.29, 0.717) is 17.2 Å². The first-order chi connectivity index (χ1) is 13.1. The Morgan fingerprint density at radius 1 is 1.07 bits per heavy atom. The summed E-state index contributed by atoms with van der Waals surface area (Å²) < 4.78 is 10.3. The van der Waals surface area contributed by atoms with Crippen molar-refractivity contribution in [2.24, 2.45) is 5.92 Å². The molecule has 0 bridgehead atoms. The number of anilines is 1. The molecule has 1 aliphatic rings. The van der Waals surface area contributed by atoms with Crippen LogP contribution in [0.4, 0.5) is 10.5 Å². The van der Waals surface area contributed by atoms with Crippen LogP contribution in [-0.4, -0.2) is 36.2 Å². The summed E-state index contributed by atoms with van der Waals surface area (Å²) in [7, 11) is 0. The van der Waals surface area contributed by atoms with Gasteiger partial charge in [0.15, 0.2) is 6.61 Å². The van der Waals surface area contributed by atoms with Gasteiger partial charge in [0.05, 0.1) is 5.56 Å². The Morgan fingerprint density at radius 2 is 1.71 bits per heavy atom. The maximum absolute atomic E-state index is 12.1. The largest absolute Gasteiger partial charge is 0.452 e. The maximum Gasteiger partial charge on any atom is 0.412 e. The van der Waals surface area contributed by atoms with Gasteiger partial charge in [-0.3, -0.25) is 10.1 Å². The topological polar surface area (TPSA) is 93.7 Å². The van der Waals surface area contributed by atoms with E-state index in [4.69, 9.17) is 9.47 Å². The molecular weight excluding hydrogens is 360 g/mol. The first kappa shape index (κ1) is 21.7. The molecule has 1 aliphatic carbocycles. The predicted octanol–water partition coefficient (Wildman–Crippen LogP) is 3.89. The summed E-state index contributed by atoms with van der Waals surface area (Å²) in [6.07, 6.45) is 3.80. The van der Waals surface area contributed by atoms with Crippen LogP contribution in [0.5, 0.6) is 0 Å². The molecule has 2 rings (SSSR count). The summed E-state index contributed by atoms with van der Waals surface area (Å²) in [5, 5.41) is 5.53. The van der Waals surface area contributed by atoms with E-state index in [1.54, 1.807) is 32.9 Å². The fourth-order valence-electron chi connectivity index (χ4n) is 3.10. The molecule has 7 nitrogen and oxygen atoms in total. The Labute approximate surface area is 166 Å². The van der Waals surface area contributed by atoms with Crippen molar-refractivity contribution >= 4 is 23.7 Å². The van der Waals surface area contributed by atoms with E-state index in [1.165, 1.54) is 18.6 Å². The van der Waals surface area contributed by atoms with Gasteiger partial charge in [-0.15, -0.1) is 0 Å². The Bertz CT molecular complexity index is 694. The van der Waals surface area contributed by atoms with E-state index in [2.05, 4.69) is 17.6 Å². The standard InChI is InChI=1S/C21H30N2O5/c1-14-7-5-6-8-17(14)23-18(24)13-27-19(25)15-9-11-16(12-10-15)22-20(26)28-21(2,3)4/h9-12,14,17H,5-8,13H2,1-4H3,(H,22,26)(H,23,24)/t14-,17+/m1/s1. The molecule has 1 fully saturated rings. The van der Waals surface area contributed by atoms with E-state index in [1.807, 2.05) is 0 Å². The third-order valence-electron chi connectivity index (χ3n) is 4.56. The Kier molecular flexibility index (Phi) is 7.43. The van der Waals surface area contributed by atoms with Crippen LogP contribution in [-0.2, 0) is 14.3 Å². The zero-order valence-corrected chi connectivity index (χ0v) is 17.0. The fraction of sp³-hybridized carbons (Fsp3) is 0.571. The van der Waals surface area contributed by atoms with Crippen LogP contribution in [0.25, 0.3) is 0 Å². The minimum absolute atomic E-state index is 0.151. The van der Waals surface area contributed by atoms with Gasteiger partial charge in [0.1, 0.15) is 5.60 Å². The molecule has 0 unspecified atom stereocenters. The number of rotatable bonds is 5. The molecule has 7 heteroatoms. The Balaban J connectivity index is 1.79. The molecule has 0 spiro atoms. The van der Waals surface area contributed by atoms with E-state index in [0.717, 1.165) is 19.3 Å². The van der Waals surface area contributed by atoms with Gasteiger partial charge in [-0.1, -0.05) is 19.8 Å². The number of amides is 2. The molecule has 1 saturated carbocycles. The molecule has 1 aromatic carbocycles. The zero-order valence-electron chi connectivity index (χ0n) is 17.0. The van der Waals surface area contributed by atoms with E-state index < -0.39 is 17.7 Å². The van der Waals surface area contributed by atoms with Crippen LogP contribution in [0.3, 0.4) is 0 Å². The van der Waals surface area contributed by atoms with Crippen molar-refractivity contribution in [1.29, 1.82) is 0 Å². The Hall–Kier alpha value is -2.57. The van der Waals surface area contributed by atoms with Crippen molar-refractivity contribution in [3.63, 3.8) is 0 Å². The fourth-order valence-corrected chi connectivity index (χ4v) is 3.10. The number of nitrogens with one attached hydrogen (secondary N) is 2. The lowest BCUT2D eigenvalue weighted by molar-refractivity contribution is -0.125. The van der Waals surface area contributed by atoms with Gasteiger partial charge < -0.3 is 14.8 Å². The Morgan fingerprint density at radius 3 is 2.32 bits per heavy atom. The molecule has 1 aromatic rings. The quantitative estimate of drug-likeness (QED) is 0.744. The molecule has 0 saturated heterocycles. The summed E-state index contributed by atoms with van der Waals surface area (Å²) in [4.78, 5) is 35.9. The van der Waals surface area contributed by atoms with E-state index in [-0.39, 0.29) is 18.6 Å². The predicted molar refractivity (Wildman–Crippen MR) is 106 cm³/mol. The van der Waals surface area contributed by atoms with Gasteiger partial charge in [-0.2, -0.15) is 0 Å². The molecule has 2 N–H and O–H groups in total. The number of hydrogen-bond donors (Lipinski definition) is 2. The third-order valence-corrected chi connectivity index (χ3v) is 4.56. The number of ether oxygens (including phenoxy) is 2. The van der Waals surface area contributed by atoms with Gasteiger partial charge in [0.25, 0.3) is 5.91 Å². The van der Waals surface area contributed by atoms with Crippen LogP contribution in [0.1, 0.15) is 63.7 Å². The number of carbonyl (C=O) groups is 3. The first-order valence-corrected chi connectivity index (χ1v) is 9.70. The van der Waals surface area contributed by atoms with Crippen molar-refractivity contribution in [2.45, 2.75) is 65.0 Å². The summed E-state index contributed by atoms with van der Waals surface area (Å²) in [6, 6.07) is 6.35. The number of benzene rings is 1. The van der Waals surface area contributed by atoms with Crippen LogP contribution in [0.2, 0.25) is 0 Å². The van der Waals surface area contributed by atoms with Crippen LogP contribution in [0, 0.1) is 5.92 Å². The highest BCUT2D eigenvalue weighted by Gasteiger charge is 2.23. The van der Waals surface area contributed by atoms with Crippen molar-refractivity contribution in [1.82, 2.24) is 5.32 Å². The van der Waals surface area contributed by atoms with Crippen molar-refractivity contribution in [2.75, 3.05) is 11.9 Å². The zero-order chi connectivity index (χ0) is 20.7. The molecular formula is C21H30N2O5. The number of hydrogen-bond acceptors (Lipinski definition) is 5. The van der Waals surface area contributed by atoms with Crippen molar-refractivity contribution in [3.05, 3.63) is 29.8 Å². The highest BCUT2D eigenvalue weighted by atomic mass is 16.6. The van der Waals surface area contributed by atoms with E-state index in [9.17, 15) is 14.4 Å². The number of esters is 1. The summed E-state index contributed by atoms with van der Waals surface area (Å²) in [6.45, 7) is 7.15. The van der Waals surface area contributed by atoms with Gasteiger partial charge in [-0.25, -0.2) is 9.59 Å². The molecule has 0 radical (unpaired) electrons. The van der Waals surface area contributed by atoms with Crippen LogP contribution < -0.4 is 10.6 Å². The normalized spacial score (nSPS) is 19.4. The van der Waals surface area contributed by atoms with Crippen molar-refractivity contribution < 1.29 is 23.9 Å². The SMILES string of the molecule is C[C@@H]1CCCC[C@@H]1NC(=O)COC(=O)c1ccc(NC(=O)OC(C)(C)C)cc1. The second-order valence-electron chi connectivity index (χ2n) is 8.22. The van der Waals surface area contributed by atoms with Crippen LogP contribution in [0.15, 0.2) is 24.3 Å². The average Bonchev–Trinajstić information content (AvgIpc) is 2.60. The number of carbonyl (C=O) groups excluding carboxylic acids is 3. The maximum atomic E-state index is 12.1. The van der Waals surface area contributed by atoms with Gasteiger partial charge in [-0.05, 0) is 63.8 Å². The molecule has 154 valence electrons.